The molecule has 2 rings (SSSR count). The number of methoxy groups -OCH3 is 2. The first-order chi connectivity index (χ1) is 14.9. The molecular formula is C24H25NO6. The van der Waals surface area contributed by atoms with Gasteiger partial charge in [0.1, 0.15) is 17.4 Å². The van der Waals surface area contributed by atoms with Crippen LogP contribution in [0.1, 0.15) is 29.5 Å². The highest BCUT2D eigenvalue weighted by Crippen LogP contribution is 2.29. The number of ether oxygens (including phenoxy) is 4. The first kappa shape index (κ1) is 23.5. The van der Waals surface area contributed by atoms with Crippen LogP contribution < -0.4 is 14.2 Å². The Morgan fingerprint density at radius 1 is 1.03 bits per heavy atom. The van der Waals surface area contributed by atoms with Crippen molar-refractivity contribution >= 4 is 18.0 Å². The minimum absolute atomic E-state index is 0.154. The lowest BCUT2D eigenvalue weighted by Crippen LogP contribution is -2.11. The lowest BCUT2D eigenvalue weighted by atomic mass is 10.1. The van der Waals surface area contributed by atoms with Gasteiger partial charge in [-0.25, -0.2) is 4.79 Å². The van der Waals surface area contributed by atoms with Gasteiger partial charge in [0.25, 0.3) is 0 Å². The third-order valence-corrected chi connectivity index (χ3v) is 4.37. The fourth-order valence-electron chi connectivity index (χ4n) is 2.71. The Hall–Kier alpha value is -3.79. The molecule has 0 atom stereocenters. The molecule has 0 amide bonds. The number of esters is 2. The molecule has 7 heteroatoms. The molecule has 0 unspecified atom stereocenters. The normalized spacial score (nSPS) is 10.7. The largest absolute Gasteiger partial charge is 0.493 e. The summed E-state index contributed by atoms with van der Waals surface area (Å²) >= 11 is 0. The average molecular weight is 423 g/mol. The van der Waals surface area contributed by atoms with Crippen molar-refractivity contribution in [3.8, 4) is 23.3 Å². The maximum absolute atomic E-state index is 12.2. The summed E-state index contributed by atoms with van der Waals surface area (Å²) in [4.78, 5) is 23.7. The summed E-state index contributed by atoms with van der Waals surface area (Å²) < 4.78 is 21.0. The van der Waals surface area contributed by atoms with Crippen molar-refractivity contribution in [2.24, 2.45) is 0 Å². The number of hydrogen-bond donors (Lipinski definition) is 0. The number of benzene rings is 2. The van der Waals surface area contributed by atoms with E-state index in [1.165, 1.54) is 20.3 Å². The van der Waals surface area contributed by atoms with Crippen molar-refractivity contribution in [2.75, 3.05) is 20.8 Å². The molecular weight excluding hydrogens is 398 g/mol. The van der Waals surface area contributed by atoms with Gasteiger partial charge >= 0.3 is 11.9 Å². The third-order valence-electron chi connectivity index (χ3n) is 4.37. The lowest BCUT2D eigenvalue weighted by Gasteiger charge is -2.11. The minimum atomic E-state index is -0.736. The summed E-state index contributed by atoms with van der Waals surface area (Å²) in [5.74, 6) is 0.202. The average Bonchev–Trinajstić information content (AvgIpc) is 2.77. The summed E-state index contributed by atoms with van der Waals surface area (Å²) in [7, 11) is 2.63. The van der Waals surface area contributed by atoms with Crippen molar-refractivity contribution in [3.05, 3.63) is 58.7 Å². The van der Waals surface area contributed by atoms with E-state index in [9.17, 15) is 9.59 Å². The van der Waals surface area contributed by atoms with Gasteiger partial charge in [0.2, 0.25) is 0 Å². The van der Waals surface area contributed by atoms with Crippen LogP contribution in [0.5, 0.6) is 17.2 Å². The van der Waals surface area contributed by atoms with E-state index < -0.39 is 11.9 Å². The van der Waals surface area contributed by atoms with Crippen LogP contribution in [0, 0.1) is 25.2 Å². The van der Waals surface area contributed by atoms with E-state index in [2.05, 4.69) is 4.74 Å². The fraction of sp³-hybridized carbons (Fsp3) is 0.292. The van der Waals surface area contributed by atoms with E-state index in [0.717, 1.165) is 16.9 Å². The van der Waals surface area contributed by atoms with Gasteiger partial charge in [-0.2, -0.15) is 5.26 Å². The van der Waals surface area contributed by atoms with Crippen molar-refractivity contribution < 1.29 is 28.5 Å². The standard InChI is InChI=1S/C24H25NO6/c1-16-7-8-17(2)21(12-16)30-11-5-6-23(26)31-20-10-9-18(14-22(20)28-3)13-19(15-25)24(27)29-4/h7-10,12-14H,5-6,11H2,1-4H3/b19-13+. The SMILES string of the molecule is COC(=O)/C(C#N)=C/c1ccc(OC(=O)CCCOc2cc(C)ccc2C)c(OC)c1. The first-order valence-electron chi connectivity index (χ1n) is 9.66. The van der Waals surface area contributed by atoms with E-state index in [4.69, 9.17) is 19.5 Å². The Labute approximate surface area is 181 Å². The summed E-state index contributed by atoms with van der Waals surface area (Å²) in [5.41, 5.74) is 2.52. The number of carbonyl (C=O) groups excluding carboxylic acids is 2. The van der Waals surface area contributed by atoms with Crippen molar-refractivity contribution in [3.63, 3.8) is 0 Å². The van der Waals surface area contributed by atoms with Crippen LogP contribution in [-0.4, -0.2) is 32.8 Å². The smallest absolute Gasteiger partial charge is 0.348 e. The zero-order valence-electron chi connectivity index (χ0n) is 18.1. The van der Waals surface area contributed by atoms with E-state index >= 15 is 0 Å². The maximum Gasteiger partial charge on any atom is 0.348 e. The molecule has 0 aliphatic carbocycles. The topological polar surface area (TPSA) is 94.9 Å². The van der Waals surface area contributed by atoms with E-state index in [1.54, 1.807) is 24.3 Å². The number of hydrogen-bond acceptors (Lipinski definition) is 7. The van der Waals surface area contributed by atoms with Gasteiger partial charge in [-0.15, -0.1) is 0 Å². The molecule has 31 heavy (non-hydrogen) atoms. The highest BCUT2D eigenvalue weighted by molar-refractivity contribution is 5.97. The van der Waals surface area contributed by atoms with Crippen molar-refractivity contribution in [1.29, 1.82) is 5.26 Å². The molecule has 0 saturated heterocycles. The van der Waals surface area contributed by atoms with E-state index in [1.807, 2.05) is 32.0 Å². The van der Waals surface area contributed by atoms with Gasteiger partial charge in [0.05, 0.1) is 20.8 Å². The molecule has 0 heterocycles. The molecule has 0 aliphatic heterocycles. The molecule has 0 bridgehead atoms. The number of carbonyl (C=O) groups is 2. The number of aryl methyl sites for hydroxylation is 2. The summed E-state index contributed by atoms with van der Waals surface area (Å²) in [6.45, 7) is 4.36. The van der Waals surface area contributed by atoms with Gasteiger partial charge in [0, 0.05) is 6.42 Å². The Balaban J connectivity index is 1.95. The van der Waals surface area contributed by atoms with E-state index in [-0.39, 0.29) is 17.7 Å². The molecule has 2 aromatic carbocycles. The highest BCUT2D eigenvalue weighted by Gasteiger charge is 2.13. The number of nitriles is 1. The minimum Gasteiger partial charge on any atom is -0.493 e. The second-order valence-corrected chi connectivity index (χ2v) is 6.77. The first-order valence-corrected chi connectivity index (χ1v) is 9.66. The highest BCUT2D eigenvalue weighted by atomic mass is 16.6. The predicted molar refractivity (Wildman–Crippen MR) is 115 cm³/mol. The van der Waals surface area contributed by atoms with Crippen LogP contribution in [0.15, 0.2) is 42.0 Å². The zero-order valence-corrected chi connectivity index (χ0v) is 18.1. The fourth-order valence-corrected chi connectivity index (χ4v) is 2.71. The van der Waals surface area contributed by atoms with Gasteiger partial charge in [-0.1, -0.05) is 18.2 Å². The second kappa shape index (κ2) is 11.4. The molecule has 0 radical (unpaired) electrons. The molecule has 0 aliphatic rings. The van der Waals surface area contributed by atoms with E-state index in [0.29, 0.717) is 24.3 Å². The zero-order chi connectivity index (χ0) is 22.8. The van der Waals surface area contributed by atoms with Crippen LogP contribution in [-0.2, 0) is 14.3 Å². The second-order valence-electron chi connectivity index (χ2n) is 6.77. The van der Waals surface area contributed by atoms with Crippen LogP contribution in [0.4, 0.5) is 0 Å². The molecule has 0 spiro atoms. The van der Waals surface area contributed by atoms with Gasteiger partial charge < -0.3 is 18.9 Å². The Kier molecular flexibility index (Phi) is 8.64. The lowest BCUT2D eigenvalue weighted by molar-refractivity contribution is -0.136. The third kappa shape index (κ3) is 6.89. The molecule has 7 nitrogen and oxygen atoms in total. The van der Waals surface area contributed by atoms with Crippen LogP contribution in [0.2, 0.25) is 0 Å². The number of rotatable bonds is 9. The molecule has 0 saturated carbocycles. The Bertz CT molecular complexity index is 1020. The summed E-state index contributed by atoms with van der Waals surface area (Å²) in [6, 6.07) is 12.5. The van der Waals surface area contributed by atoms with Crippen LogP contribution in [0.25, 0.3) is 6.08 Å². The van der Waals surface area contributed by atoms with Gasteiger partial charge in [0.15, 0.2) is 11.5 Å². The maximum atomic E-state index is 12.2. The number of nitrogens with zero attached hydrogens (tertiary/aromatic N) is 1. The monoisotopic (exact) mass is 423 g/mol. The molecule has 162 valence electrons. The Morgan fingerprint density at radius 3 is 2.48 bits per heavy atom. The van der Waals surface area contributed by atoms with Crippen LogP contribution >= 0.6 is 0 Å². The molecule has 0 N–H and O–H groups in total. The molecule has 2 aromatic rings. The van der Waals surface area contributed by atoms with Gasteiger partial charge in [-0.3, -0.25) is 4.79 Å². The molecule has 0 fully saturated rings. The Morgan fingerprint density at radius 2 is 1.81 bits per heavy atom. The quantitative estimate of drug-likeness (QED) is 0.196. The van der Waals surface area contributed by atoms with Crippen molar-refractivity contribution in [2.45, 2.75) is 26.7 Å². The van der Waals surface area contributed by atoms with Gasteiger partial charge in [-0.05, 0) is 61.2 Å². The summed E-state index contributed by atoms with van der Waals surface area (Å²) in [5, 5.41) is 9.06. The predicted octanol–water partition coefficient (Wildman–Crippen LogP) is 4.16. The molecule has 0 aromatic heterocycles. The van der Waals surface area contributed by atoms with Crippen LogP contribution in [0.3, 0.4) is 0 Å². The summed E-state index contributed by atoms with van der Waals surface area (Å²) in [6.07, 6.45) is 2.04. The van der Waals surface area contributed by atoms with Crippen molar-refractivity contribution in [1.82, 2.24) is 0 Å².